The number of halogens is 2. The summed E-state index contributed by atoms with van der Waals surface area (Å²) < 4.78 is 26.6. The Morgan fingerprint density at radius 1 is 0.921 bits per heavy atom. The number of sulfonamides is 1. The van der Waals surface area contributed by atoms with Crippen LogP contribution in [0.1, 0.15) is 23.6 Å². The van der Waals surface area contributed by atoms with Crippen molar-refractivity contribution in [1.82, 2.24) is 10.2 Å². The molecule has 0 saturated carbocycles. The van der Waals surface area contributed by atoms with E-state index in [0.717, 1.165) is 21.7 Å². The zero-order valence-electron chi connectivity index (χ0n) is 21.5. The highest BCUT2D eigenvalue weighted by molar-refractivity contribution is 7.92. The summed E-state index contributed by atoms with van der Waals surface area (Å²) >= 11 is 12.9. The minimum atomic E-state index is -3.83. The highest BCUT2D eigenvalue weighted by Gasteiger charge is 2.33. The van der Waals surface area contributed by atoms with Gasteiger partial charge in [0, 0.05) is 35.1 Å². The number of likely N-dealkylation sites (N-methyl/N-ethyl adjacent to an activating group) is 1. The van der Waals surface area contributed by atoms with Gasteiger partial charge >= 0.3 is 0 Å². The van der Waals surface area contributed by atoms with Crippen LogP contribution >= 0.6 is 23.2 Å². The zero-order valence-corrected chi connectivity index (χ0v) is 23.9. The molecule has 1 atom stereocenters. The van der Waals surface area contributed by atoms with Gasteiger partial charge in [-0.05, 0) is 43.7 Å². The van der Waals surface area contributed by atoms with Crippen LogP contribution in [0.5, 0.6) is 0 Å². The largest absolute Gasteiger partial charge is 0.355 e. The summed E-state index contributed by atoms with van der Waals surface area (Å²) in [4.78, 5) is 28.7. The first-order valence-corrected chi connectivity index (χ1v) is 14.7. The topological polar surface area (TPSA) is 86.8 Å². The van der Waals surface area contributed by atoms with Crippen molar-refractivity contribution >= 4 is 50.7 Å². The van der Waals surface area contributed by atoms with Gasteiger partial charge in [0.15, 0.2) is 0 Å². The number of anilines is 1. The molecule has 0 saturated heterocycles. The molecule has 0 fully saturated rings. The van der Waals surface area contributed by atoms with Crippen LogP contribution in [0.3, 0.4) is 0 Å². The molecule has 0 bridgehead atoms. The van der Waals surface area contributed by atoms with Crippen molar-refractivity contribution in [1.29, 1.82) is 0 Å². The number of benzene rings is 3. The van der Waals surface area contributed by atoms with Crippen molar-refractivity contribution in [3.63, 3.8) is 0 Å². The quantitative estimate of drug-likeness (QED) is 0.354. The highest BCUT2D eigenvalue weighted by Crippen LogP contribution is 2.28. The van der Waals surface area contributed by atoms with Crippen LogP contribution in [0, 0.1) is 6.92 Å². The van der Waals surface area contributed by atoms with Gasteiger partial charge < -0.3 is 10.2 Å². The molecule has 1 N–H and O–H groups in total. The van der Waals surface area contributed by atoms with Crippen molar-refractivity contribution in [2.75, 3.05) is 23.7 Å². The first kappa shape index (κ1) is 29.5. The highest BCUT2D eigenvalue weighted by atomic mass is 35.5. The standard InChI is InChI=1S/C28H31Cl2N3O4S/c1-4-31-28(35)26(17-21-9-6-5-7-10-21)32(18-23-24(29)11-8-12-25(23)30)27(34)19-33(38(3,36)37)22-15-13-20(2)14-16-22/h5-16,26H,4,17-19H2,1-3H3,(H,31,35)/t26-/m0/s1. The van der Waals surface area contributed by atoms with Crippen molar-refractivity contribution in [3.05, 3.63) is 99.5 Å². The summed E-state index contributed by atoms with van der Waals surface area (Å²) in [6.45, 7) is 3.44. The smallest absolute Gasteiger partial charge is 0.244 e. The summed E-state index contributed by atoms with van der Waals surface area (Å²) in [6, 6.07) is 20.2. The van der Waals surface area contributed by atoms with Crippen LogP contribution in [0.2, 0.25) is 10.0 Å². The van der Waals surface area contributed by atoms with Crippen LogP contribution in [0.25, 0.3) is 0 Å². The SMILES string of the molecule is CCNC(=O)[C@H](Cc1ccccc1)N(Cc1c(Cl)cccc1Cl)C(=O)CN(c1ccc(C)cc1)S(C)(=O)=O. The maximum atomic E-state index is 14.0. The Kier molecular flexibility index (Phi) is 10.2. The molecule has 7 nitrogen and oxygen atoms in total. The van der Waals surface area contributed by atoms with Gasteiger partial charge in [0.25, 0.3) is 0 Å². The Bertz CT molecular complexity index is 1350. The summed E-state index contributed by atoms with van der Waals surface area (Å²) in [5.41, 5.74) is 2.60. The number of hydrogen-bond acceptors (Lipinski definition) is 4. The van der Waals surface area contributed by atoms with Gasteiger partial charge in [-0.1, -0.05) is 77.3 Å². The maximum Gasteiger partial charge on any atom is 0.244 e. The summed E-state index contributed by atoms with van der Waals surface area (Å²) in [6.07, 6.45) is 1.25. The third-order valence-electron chi connectivity index (χ3n) is 6.01. The molecule has 0 radical (unpaired) electrons. The molecule has 10 heteroatoms. The van der Waals surface area contributed by atoms with Gasteiger partial charge in [0.1, 0.15) is 12.6 Å². The molecule has 0 spiro atoms. The number of hydrogen-bond donors (Lipinski definition) is 1. The lowest BCUT2D eigenvalue weighted by Gasteiger charge is -2.33. The van der Waals surface area contributed by atoms with E-state index in [0.29, 0.717) is 27.8 Å². The molecule has 2 amide bonds. The van der Waals surface area contributed by atoms with Crippen molar-refractivity contribution < 1.29 is 18.0 Å². The number of amides is 2. The van der Waals surface area contributed by atoms with Gasteiger partial charge in [-0.15, -0.1) is 0 Å². The van der Waals surface area contributed by atoms with Gasteiger partial charge in [-0.2, -0.15) is 0 Å². The molecule has 0 heterocycles. The summed E-state index contributed by atoms with van der Waals surface area (Å²) in [5.74, 6) is -0.937. The number of nitrogens with one attached hydrogen (secondary N) is 1. The second kappa shape index (κ2) is 13.1. The Labute approximate surface area is 234 Å². The average Bonchev–Trinajstić information content (AvgIpc) is 2.87. The van der Waals surface area contributed by atoms with E-state index in [2.05, 4.69) is 5.32 Å². The molecule has 202 valence electrons. The monoisotopic (exact) mass is 575 g/mol. The minimum Gasteiger partial charge on any atom is -0.355 e. The summed E-state index contributed by atoms with van der Waals surface area (Å²) in [5, 5.41) is 3.48. The first-order valence-electron chi connectivity index (χ1n) is 12.1. The third-order valence-corrected chi connectivity index (χ3v) is 7.86. The van der Waals surface area contributed by atoms with Gasteiger partial charge in [0.05, 0.1) is 11.9 Å². The van der Waals surface area contributed by atoms with Gasteiger partial charge in [-0.3, -0.25) is 13.9 Å². The van der Waals surface area contributed by atoms with Gasteiger partial charge in [-0.25, -0.2) is 8.42 Å². The summed E-state index contributed by atoms with van der Waals surface area (Å²) in [7, 11) is -3.83. The fraction of sp³-hybridized carbons (Fsp3) is 0.286. The van der Waals surface area contributed by atoms with Crippen LogP contribution in [0.15, 0.2) is 72.8 Å². The predicted molar refractivity (Wildman–Crippen MR) is 153 cm³/mol. The van der Waals surface area contributed by atoms with Crippen LogP contribution in [-0.4, -0.2) is 50.5 Å². The molecule has 3 rings (SSSR count). The number of nitrogens with zero attached hydrogens (tertiary/aromatic N) is 2. The van der Waals surface area contributed by atoms with Crippen molar-refractivity contribution in [2.24, 2.45) is 0 Å². The van der Waals surface area contributed by atoms with E-state index in [-0.39, 0.29) is 18.9 Å². The van der Waals surface area contributed by atoms with E-state index in [4.69, 9.17) is 23.2 Å². The van der Waals surface area contributed by atoms with E-state index in [9.17, 15) is 18.0 Å². The van der Waals surface area contributed by atoms with Crippen LogP contribution in [-0.2, 0) is 32.6 Å². The predicted octanol–water partition coefficient (Wildman–Crippen LogP) is 4.84. The lowest BCUT2D eigenvalue weighted by Crippen LogP contribution is -2.53. The number of carbonyl (C=O) groups is 2. The fourth-order valence-electron chi connectivity index (χ4n) is 4.02. The third kappa shape index (κ3) is 7.72. The minimum absolute atomic E-state index is 0.0858. The molecule has 0 aliphatic heterocycles. The average molecular weight is 577 g/mol. The maximum absolute atomic E-state index is 14.0. The van der Waals surface area contributed by atoms with E-state index < -0.39 is 28.5 Å². The number of carbonyl (C=O) groups excluding carboxylic acids is 2. The molecule has 0 aliphatic carbocycles. The Balaban J connectivity index is 2.08. The lowest BCUT2D eigenvalue weighted by molar-refractivity contribution is -0.140. The Hall–Kier alpha value is -3.07. The second-order valence-corrected chi connectivity index (χ2v) is 11.6. The van der Waals surface area contributed by atoms with Crippen molar-refractivity contribution in [2.45, 2.75) is 32.9 Å². The van der Waals surface area contributed by atoms with Crippen LogP contribution in [0.4, 0.5) is 5.69 Å². The second-order valence-electron chi connectivity index (χ2n) is 8.93. The number of rotatable bonds is 11. The first-order chi connectivity index (χ1) is 18.0. The fourth-order valence-corrected chi connectivity index (χ4v) is 5.39. The molecular weight excluding hydrogens is 545 g/mol. The van der Waals surface area contributed by atoms with E-state index in [1.807, 2.05) is 37.3 Å². The molecule has 0 aliphatic rings. The van der Waals surface area contributed by atoms with Gasteiger partial charge in [0.2, 0.25) is 21.8 Å². The molecule has 0 aromatic heterocycles. The zero-order chi connectivity index (χ0) is 27.9. The molecular formula is C28H31Cl2N3O4S. The molecule has 38 heavy (non-hydrogen) atoms. The Morgan fingerprint density at radius 3 is 2.08 bits per heavy atom. The molecule has 3 aromatic rings. The lowest BCUT2D eigenvalue weighted by atomic mass is 10.0. The van der Waals surface area contributed by atoms with Crippen LogP contribution < -0.4 is 9.62 Å². The Morgan fingerprint density at radius 2 is 1.53 bits per heavy atom. The molecule has 3 aromatic carbocycles. The normalized spacial score (nSPS) is 12.0. The van der Waals surface area contributed by atoms with E-state index >= 15 is 0 Å². The number of aryl methyl sites for hydroxylation is 1. The van der Waals surface area contributed by atoms with E-state index in [1.165, 1.54) is 4.90 Å². The van der Waals surface area contributed by atoms with Crippen molar-refractivity contribution in [3.8, 4) is 0 Å². The van der Waals surface area contributed by atoms with E-state index in [1.54, 1.807) is 49.4 Å². The molecule has 0 unspecified atom stereocenters.